The number of rotatable bonds is 7. The SMILES string of the molecule is CCCC[PH](=O)OCCC1CCCC1. The highest BCUT2D eigenvalue weighted by Crippen LogP contribution is 2.30. The van der Waals surface area contributed by atoms with Crippen molar-refractivity contribution in [1.29, 1.82) is 0 Å². The van der Waals surface area contributed by atoms with E-state index in [1.54, 1.807) is 0 Å². The summed E-state index contributed by atoms with van der Waals surface area (Å²) in [6.07, 6.45) is 9.56. The van der Waals surface area contributed by atoms with Gasteiger partial charge in [0.05, 0.1) is 6.61 Å². The fourth-order valence-corrected chi connectivity index (χ4v) is 3.16. The van der Waals surface area contributed by atoms with Crippen LogP contribution in [-0.4, -0.2) is 12.8 Å². The highest BCUT2D eigenvalue weighted by Gasteiger charge is 2.14. The van der Waals surface area contributed by atoms with Crippen LogP contribution in [0.3, 0.4) is 0 Å². The third-order valence-electron chi connectivity index (χ3n) is 3.00. The fourth-order valence-electron chi connectivity index (χ4n) is 2.03. The van der Waals surface area contributed by atoms with Gasteiger partial charge in [-0.25, -0.2) is 0 Å². The molecule has 0 saturated heterocycles. The minimum atomic E-state index is -1.69. The van der Waals surface area contributed by atoms with Crippen LogP contribution in [0.2, 0.25) is 0 Å². The molecule has 0 amide bonds. The molecule has 0 aliphatic heterocycles. The van der Waals surface area contributed by atoms with E-state index in [0.29, 0.717) is 0 Å². The lowest BCUT2D eigenvalue weighted by molar-refractivity contribution is 0.289. The first-order valence-corrected chi connectivity index (χ1v) is 7.51. The molecule has 1 rings (SSSR count). The van der Waals surface area contributed by atoms with Crippen molar-refractivity contribution in [3.8, 4) is 0 Å². The minimum absolute atomic E-state index is 0.728. The van der Waals surface area contributed by atoms with Gasteiger partial charge in [-0.3, -0.25) is 4.57 Å². The van der Waals surface area contributed by atoms with Crippen molar-refractivity contribution in [1.82, 2.24) is 0 Å². The Hall–Kier alpha value is 0.190. The zero-order valence-corrected chi connectivity index (χ0v) is 10.3. The van der Waals surface area contributed by atoms with Gasteiger partial charge >= 0.3 is 0 Å². The van der Waals surface area contributed by atoms with Crippen LogP contribution in [0.5, 0.6) is 0 Å². The Morgan fingerprint density at radius 3 is 2.71 bits per heavy atom. The molecule has 0 heterocycles. The molecule has 0 aromatic rings. The quantitative estimate of drug-likeness (QED) is 0.606. The molecule has 1 unspecified atom stereocenters. The lowest BCUT2D eigenvalue weighted by atomic mass is 10.1. The highest BCUT2D eigenvalue weighted by molar-refractivity contribution is 7.39. The van der Waals surface area contributed by atoms with E-state index in [9.17, 15) is 4.57 Å². The van der Waals surface area contributed by atoms with Gasteiger partial charge in [0.25, 0.3) is 0 Å². The van der Waals surface area contributed by atoms with Crippen LogP contribution in [0.4, 0.5) is 0 Å². The summed E-state index contributed by atoms with van der Waals surface area (Å²) < 4.78 is 16.7. The molecule has 14 heavy (non-hydrogen) atoms. The van der Waals surface area contributed by atoms with E-state index in [1.807, 2.05) is 0 Å². The van der Waals surface area contributed by atoms with E-state index < -0.39 is 8.03 Å². The van der Waals surface area contributed by atoms with Crippen molar-refractivity contribution in [2.45, 2.75) is 51.9 Å². The molecule has 1 fully saturated rings. The zero-order valence-electron chi connectivity index (χ0n) is 9.26. The molecular weight excluding hydrogens is 195 g/mol. The summed E-state index contributed by atoms with van der Waals surface area (Å²) in [7, 11) is -1.69. The molecule has 0 aromatic heterocycles. The second kappa shape index (κ2) is 7.48. The van der Waals surface area contributed by atoms with Gasteiger partial charge in [-0.15, -0.1) is 0 Å². The Bertz CT molecular complexity index is 165. The van der Waals surface area contributed by atoms with E-state index in [0.717, 1.165) is 37.9 Å². The van der Waals surface area contributed by atoms with Gasteiger partial charge in [0, 0.05) is 6.16 Å². The Kier molecular flexibility index (Phi) is 6.55. The van der Waals surface area contributed by atoms with Gasteiger partial charge in [-0.1, -0.05) is 39.0 Å². The van der Waals surface area contributed by atoms with E-state index >= 15 is 0 Å². The second-order valence-electron chi connectivity index (χ2n) is 4.26. The van der Waals surface area contributed by atoms with E-state index in [-0.39, 0.29) is 0 Å². The van der Waals surface area contributed by atoms with E-state index in [4.69, 9.17) is 4.52 Å². The molecule has 84 valence electrons. The zero-order chi connectivity index (χ0) is 10.2. The molecule has 1 saturated carbocycles. The molecular formula is C11H23O2P. The van der Waals surface area contributed by atoms with Crippen LogP contribution in [-0.2, 0) is 9.09 Å². The normalized spacial score (nSPS) is 20.1. The van der Waals surface area contributed by atoms with Crippen LogP contribution in [0.15, 0.2) is 0 Å². The Labute approximate surface area is 88.3 Å². The summed E-state index contributed by atoms with van der Waals surface area (Å²) in [5.74, 6) is 0.857. The fraction of sp³-hybridized carbons (Fsp3) is 1.00. The predicted molar refractivity (Wildman–Crippen MR) is 61.3 cm³/mol. The number of hydrogen-bond donors (Lipinski definition) is 0. The smallest absolute Gasteiger partial charge is 0.191 e. The summed E-state index contributed by atoms with van der Waals surface area (Å²) in [6, 6.07) is 0. The van der Waals surface area contributed by atoms with Crippen LogP contribution in [0.25, 0.3) is 0 Å². The Morgan fingerprint density at radius 1 is 1.36 bits per heavy atom. The van der Waals surface area contributed by atoms with Gasteiger partial charge < -0.3 is 4.52 Å². The van der Waals surface area contributed by atoms with Gasteiger partial charge in [-0.2, -0.15) is 0 Å². The highest BCUT2D eigenvalue weighted by atomic mass is 31.1. The summed E-state index contributed by atoms with van der Waals surface area (Å²) in [6.45, 7) is 2.85. The van der Waals surface area contributed by atoms with Crippen molar-refractivity contribution in [3.63, 3.8) is 0 Å². The monoisotopic (exact) mass is 218 g/mol. The summed E-state index contributed by atoms with van der Waals surface area (Å²) in [5, 5.41) is 0. The topological polar surface area (TPSA) is 26.3 Å². The minimum Gasteiger partial charge on any atom is -0.330 e. The maximum Gasteiger partial charge on any atom is 0.191 e. The third kappa shape index (κ3) is 5.17. The van der Waals surface area contributed by atoms with Gasteiger partial charge in [0.2, 0.25) is 0 Å². The molecule has 0 N–H and O–H groups in total. The number of unbranched alkanes of at least 4 members (excludes halogenated alkanes) is 1. The average molecular weight is 218 g/mol. The Balaban J connectivity index is 1.94. The average Bonchev–Trinajstić information content (AvgIpc) is 2.67. The van der Waals surface area contributed by atoms with Gasteiger partial charge in [0.1, 0.15) is 0 Å². The first-order chi connectivity index (χ1) is 6.83. The van der Waals surface area contributed by atoms with Crippen molar-refractivity contribution in [2.75, 3.05) is 12.8 Å². The maximum atomic E-state index is 11.3. The molecule has 0 spiro atoms. The molecule has 0 bridgehead atoms. The molecule has 0 aromatic carbocycles. The molecule has 1 aliphatic carbocycles. The molecule has 1 atom stereocenters. The molecule has 3 heteroatoms. The molecule has 1 aliphatic rings. The van der Waals surface area contributed by atoms with E-state index in [1.165, 1.54) is 25.7 Å². The summed E-state index contributed by atoms with van der Waals surface area (Å²) in [5.41, 5.74) is 0. The standard InChI is InChI=1S/C11H23O2P/c1-2-3-10-14(12)13-9-8-11-6-4-5-7-11/h11,14H,2-10H2,1H3. The van der Waals surface area contributed by atoms with Crippen molar-refractivity contribution >= 4 is 8.03 Å². The van der Waals surface area contributed by atoms with Crippen LogP contribution < -0.4 is 0 Å². The first-order valence-electron chi connectivity index (χ1n) is 5.98. The maximum absolute atomic E-state index is 11.3. The summed E-state index contributed by atoms with van der Waals surface area (Å²) in [4.78, 5) is 0. The predicted octanol–water partition coefficient (Wildman–Crippen LogP) is 3.86. The van der Waals surface area contributed by atoms with Crippen LogP contribution >= 0.6 is 8.03 Å². The lowest BCUT2D eigenvalue weighted by Gasteiger charge is -2.08. The second-order valence-corrected chi connectivity index (χ2v) is 5.80. The molecule has 0 radical (unpaired) electrons. The van der Waals surface area contributed by atoms with Crippen molar-refractivity contribution < 1.29 is 9.09 Å². The van der Waals surface area contributed by atoms with Crippen molar-refractivity contribution in [3.05, 3.63) is 0 Å². The van der Waals surface area contributed by atoms with E-state index in [2.05, 4.69) is 6.92 Å². The van der Waals surface area contributed by atoms with Crippen LogP contribution in [0, 0.1) is 5.92 Å². The lowest BCUT2D eigenvalue weighted by Crippen LogP contribution is -1.98. The Morgan fingerprint density at radius 2 is 2.07 bits per heavy atom. The largest absolute Gasteiger partial charge is 0.330 e. The van der Waals surface area contributed by atoms with Gasteiger partial charge in [0.15, 0.2) is 8.03 Å². The summed E-state index contributed by atoms with van der Waals surface area (Å²) >= 11 is 0. The molecule has 2 nitrogen and oxygen atoms in total. The first kappa shape index (κ1) is 12.3. The number of hydrogen-bond acceptors (Lipinski definition) is 2. The van der Waals surface area contributed by atoms with Crippen molar-refractivity contribution in [2.24, 2.45) is 5.92 Å². The van der Waals surface area contributed by atoms with Crippen LogP contribution in [0.1, 0.15) is 51.9 Å². The third-order valence-corrected chi connectivity index (χ3v) is 4.29. The van der Waals surface area contributed by atoms with Gasteiger partial charge in [-0.05, 0) is 18.8 Å².